The lowest BCUT2D eigenvalue weighted by Crippen LogP contribution is -2.21. The Morgan fingerprint density at radius 1 is 1.07 bits per heavy atom. The maximum atomic E-state index is 5.55. The molecule has 0 amide bonds. The van der Waals surface area contributed by atoms with E-state index < -0.39 is 8.07 Å². The standard InChI is InChI=1S/C12H27O2Si/c1-5-13-9-7-6-8-10-14-11-12-15(2,3)4/h8H,5-7,9-12H2,1-4H3. The van der Waals surface area contributed by atoms with Gasteiger partial charge in [-0.25, -0.2) is 0 Å². The minimum Gasteiger partial charge on any atom is -0.382 e. The first-order valence-electron chi connectivity index (χ1n) is 6.03. The van der Waals surface area contributed by atoms with Crippen molar-refractivity contribution in [1.82, 2.24) is 0 Å². The van der Waals surface area contributed by atoms with E-state index in [0.717, 1.165) is 39.3 Å². The van der Waals surface area contributed by atoms with E-state index in [2.05, 4.69) is 26.1 Å². The van der Waals surface area contributed by atoms with Gasteiger partial charge in [0.1, 0.15) is 0 Å². The molecule has 2 nitrogen and oxygen atoms in total. The van der Waals surface area contributed by atoms with E-state index in [4.69, 9.17) is 9.47 Å². The van der Waals surface area contributed by atoms with Crippen LogP contribution in [0, 0.1) is 6.42 Å². The number of hydrogen-bond donors (Lipinski definition) is 0. The summed E-state index contributed by atoms with van der Waals surface area (Å²) in [6, 6.07) is 1.26. The molecule has 91 valence electrons. The molecule has 0 saturated carbocycles. The van der Waals surface area contributed by atoms with Crippen molar-refractivity contribution in [3.63, 3.8) is 0 Å². The molecule has 0 fully saturated rings. The van der Waals surface area contributed by atoms with Crippen LogP contribution in [0.1, 0.15) is 19.8 Å². The largest absolute Gasteiger partial charge is 0.382 e. The summed E-state index contributed by atoms with van der Waals surface area (Å²) in [5.74, 6) is 0. The van der Waals surface area contributed by atoms with Crippen LogP contribution in [-0.2, 0) is 9.47 Å². The van der Waals surface area contributed by atoms with Crippen molar-refractivity contribution < 1.29 is 9.47 Å². The second-order valence-electron chi connectivity index (χ2n) is 5.01. The van der Waals surface area contributed by atoms with Crippen LogP contribution >= 0.6 is 0 Å². The van der Waals surface area contributed by atoms with Crippen LogP contribution in [0.3, 0.4) is 0 Å². The van der Waals surface area contributed by atoms with Gasteiger partial charge in [-0.2, -0.15) is 0 Å². The lowest BCUT2D eigenvalue weighted by molar-refractivity contribution is 0.140. The van der Waals surface area contributed by atoms with Gasteiger partial charge < -0.3 is 9.47 Å². The van der Waals surface area contributed by atoms with Gasteiger partial charge in [0.15, 0.2) is 0 Å². The summed E-state index contributed by atoms with van der Waals surface area (Å²) >= 11 is 0. The van der Waals surface area contributed by atoms with Crippen LogP contribution in [-0.4, -0.2) is 34.5 Å². The average Bonchev–Trinajstić information content (AvgIpc) is 2.14. The van der Waals surface area contributed by atoms with Gasteiger partial charge in [-0.05, 0) is 32.2 Å². The zero-order valence-electron chi connectivity index (χ0n) is 10.8. The summed E-state index contributed by atoms with van der Waals surface area (Å²) in [4.78, 5) is 0. The van der Waals surface area contributed by atoms with Gasteiger partial charge in [-0.1, -0.05) is 19.6 Å². The molecule has 0 atom stereocenters. The first-order chi connectivity index (χ1) is 7.06. The van der Waals surface area contributed by atoms with E-state index in [1.165, 1.54) is 6.04 Å². The molecule has 3 heteroatoms. The molecule has 0 aliphatic rings. The summed E-state index contributed by atoms with van der Waals surface area (Å²) in [5.41, 5.74) is 0. The average molecular weight is 231 g/mol. The SMILES string of the molecule is CCOCCC[CH]COCC[Si](C)(C)C. The number of hydrogen-bond acceptors (Lipinski definition) is 2. The van der Waals surface area contributed by atoms with E-state index in [1.807, 2.05) is 6.92 Å². The van der Waals surface area contributed by atoms with Crippen molar-refractivity contribution in [2.24, 2.45) is 0 Å². The molecule has 0 saturated heterocycles. The van der Waals surface area contributed by atoms with Crippen molar-refractivity contribution in [2.45, 2.75) is 45.5 Å². The molecule has 15 heavy (non-hydrogen) atoms. The molecule has 0 unspecified atom stereocenters. The highest BCUT2D eigenvalue weighted by Gasteiger charge is 2.11. The highest BCUT2D eigenvalue weighted by atomic mass is 28.3. The molecule has 0 aliphatic heterocycles. The summed E-state index contributed by atoms with van der Waals surface area (Å²) in [6.07, 6.45) is 4.43. The maximum Gasteiger partial charge on any atom is 0.0497 e. The first-order valence-corrected chi connectivity index (χ1v) is 9.74. The lowest BCUT2D eigenvalue weighted by atomic mass is 10.2. The monoisotopic (exact) mass is 231 g/mol. The smallest absolute Gasteiger partial charge is 0.0497 e. The second kappa shape index (κ2) is 9.37. The molecule has 0 aromatic carbocycles. The van der Waals surface area contributed by atoms with Crippen molar-refractivity contribution in [3.05, 3.63) is 6.42 Å². The molecule has 0 aliphatic carbocycles. The predicted octanol–water partition coefficient (Wildman–Crippen LogP) is 3.36. The van der Waals surface area contributed by atoms with Crippen LogP contribution in [0.15, 0.2) is 0 Å². The van der Waals surface area contributed by atoms with Gasteiger partial charge in [0.05, 0.1) is 0 Å². The summed E-state index contributed by atoms with van der Waals surface area (Å²) in [5, 5.41) is 0. The number of unbranched alkanes of at least 4 members (excludes halogenated alkanes) is 2. The Bertz CT molecular complexity index is 132. The quantitative estimate of drug-likeness (QED) is 0.424. The first kappa shape index (κ1) is 15.1. The molecule has 0 heterocycles. The Morgan fingerprint density at radius 3 is 2.40 bits per heavy atom. The summed E-state index contributed by atoms with van der Waals surface area (Å²) < 4.78 is 10.8. The van der Waals surface area contributed by atoms with E-state index in [-0.39, 0.29) is 0 Å². The third-order valence-electron chi connectivity index (χ3n) is 2.13. The lowest BCUT2D eigenvalue weighted by Gasteiger charge is -2.15. The normalized spacial score (nSPS) is 12.0. The fourth-order valence-corrected chi connectivity index (χ4v) is 1.86. The van der Waals surface area contributed by atoms with Crippen molar-refractivity contribution in [3.8, 4) is 0 Å². The number of ether oxygens (including phenoxy) is 2. The molecule has 0 aromatic rings. The van der Waals surface area contributed by atoms with Gasteiger partial charge in [-0.3, -0.25) is 0 Å². The molecular weight excluding hydrogens is 204 g/mol. The minimum atomic E-state index is -0.902. The van der Waals surface area contributed by atoms with Crippen LogP contribution < -0.4 is 0 Å². The third kappa shape index (κ3) is 14.1. The van der Waals surface area contributed by atoms with E-state index in [1.54, 1.807) is 0 Å². The molecular formula is C12H27O2Si. The van der Waals surface area contributed by atoms with Crippen LogP contribution in [0.5, 0.6) is 0 Å². The summed E-state index contributed by atoms with van der Waals surface area (Å²) in [6.45, 7) is 12.6. The van der Waals surface area contributed by atoms with E-state index in [0.29, 0.717) is 0 Å². The van der Waals surface area contributed by atoms with Crippen molar-refractivity contribution >= 4 is 8.07 Å². The molecule has 0 bridgehead atoms. The maximum absolute atomic E-state index is 5.55. The van der Waals surface area contributed by atoms with Gasteiger partial charge in [0, 0.05) is 34.5 Å². The van der Waals surface area contributed by atoms with Crippen LogP contribution in [0.2, 0.25) is 25.7 Å². The number of rotatable bonds is 10. The fraction of sp³-hybridized carbons (Fsp3) is 0.917. The van der Waals surface area contributed by atoms with Gasteiger partial charge >= 0.3 is 0 Å². The van der Waals surface area contributed by atoms with Crippen LogP contribution in [0.4, 0.5) is 0 Å². The molecule has 0 N–H and O–H groups in total. The Balaban J connectivity index is 2.99. The molecule has 0 rings (SSSR count). The molecule has 1 radical (unpaired) electrons. The van der Waals surface area contributed by atoms with Crippen molar-refractivity contribution in [1.29, 1.82) is 0 Å². The Hall–Kier alpha value is 0.137. The zero-order chi connectivity index (χ0) is 11.6. The summed E-state index contributed by atoms with van der Waals surface area (Å²) in [7, 11) is -0.902. The predicted molar refractivity (Wildman–Crippen MR) is 69.0 cm³/mol. The van der Waals surface area contributed by atoms with Gasteiger partial charge in [0.25, 0.3) is 0 Å². The third-order valence-corrected chi connectivity index (χ3v) is 3.84. The Morgan fingerprint density at radius 2 is 1.80 bits per heavy atom. The zero-order valence-corrected chi connectivity index (χ0v) is 11.8. The topological polar surface area (TPSA) is 18.5 Å². The van der Waals surface area contributed by atoms with Gasteiger partial charge in [-0.15, -0.1) is 0 Å². The minimum absolute atomic E-state index is 0.802. The van der Waals surface area contributed by atoms with Gasteiger partial charge in [0.2, 0.25) is 0 Å². The Kier molecular flexibility index (Phi) is 9.45. The van der Waals surface area contributed by atoms with E-state index in [9.17, 15) is 0 Å². The highest BCUT2D eigenvalue weighted by Crippen LogP contribution is 2.07. The fourth-order valence-electron chi connectivity index (χ4n) is 1.10. The molecule has 0 aromatic heterocycles. The second-order valence-corrected chi connectivity index (χ2v) is 10.6. The molecule has 0 spiro atoms. The van der Waals surface area contributed by atoms with E-state index >= 15 is 0 Å². The van der Waals surface area contributed by atoms with Crippen LogP contribution in [0.25, 0.3) is 0 Å². The highest BCUT2D eigenvalue weighted by molar-refractivity contribution is 6.76. The Labute approximate surface area is 96.4 Å². The van der Waals surface area contributed by atoms with Crippen molar-refractivity contribution in [2.75, 3.05) is 26.4 Å².